The Hall–Kier alpha value is -1.14. The van der Waals surface area contributed by atoms with Gasteiger partial charge in [-0.05, 0) is 33.4 Å². The number of halogens is 1. The normalized spacial score (nSPS) is 10.2. The topological polar surface area (TPSA) is 57.8 Å². The molecule has 2 aromatic rings. The van der Waals surface area contributed by atoms with Crippen LogP contribution in [-0.4, -0.2) is 16.1 Å². The lowest BCUT2D eigenvalue weighted by Gasteiger charge is -2.01. The van der Waals surface area contributed by atoms with Crippen LogP contribution in [-0.2, 0) is 6.54 Å². The van der Waals surface area contributed by atoms with Gasteiger partial charge < -0.3 is 5.32 Å². The van der Waals surface area contributed by atoms with E-state index in [-0.39, 0.29) is 5.91 Å². The highest BCUT2D eigenvalue weighted by molar-refractivity contribution is 9.10. The van der Waals surface area contributed by atoms with Crippen molar-refractivity contribution in [2.45, 2.75) is 6.54 Å². The molecule has 0 saturated heterocycles. The standard InChI is InChI=1S/C9H8BrN3OS/c10-7-2-4-15-8(7)9(14)11-5-6-1-3-12-13-6/h1-4H,5H2,(H,11,14)(H,12,13). The molecule has 15 heavy (non-hydrogen) atoms. The third-order valence-corrected chi connectivity index (χ3v) is 3.66. The predicted octanol–water partition coefficient (Wildman–Crippen LogP) is 2.16. The van der Waals surface area contributed by atoms with Gasteiger partial charge in [-0.15, -0.1) is 11.3 Å². The molecule has 0 spiro atoms. The summed E-state index contributed by atoms with van der Waals surface area (Å²) in [6.45, 7) is 0.461. The fourth-order valence-electron chi connectivity index (χ4n) is 1.09. The van der Waals surface area contributed by atoms with Gasteiger partial charge in [0.15, 0.2) is 0 Å². The molecule has 2 aromatic heterocycles. The lowest BCUT2D eigenvalue weighted by atomic mass is 10.4. The number of rotatable bonds is 3. The van der Waals surface area contributed by atoms with Gasteiger partial charge in [-0.1, -0.05) is 0 Å². The quantitative estimate of drug-likeness (QED) is 0.908. The number of nitrogens with one attached hydrogen (secondary N) is 2. The Morgan fingerprint density at radius 2 is 2.47 bits per heavy atom. The number of amides is 1. The molecule has 2 heterocycles. The first kappa shape index (κ1) is 10.4. The van der Waals surface area contributed by atoms with Crippen molar-refractivity contribution in [1.29, 1.82) is 0 Å². The molecule has 0 unspecified atom stereocenters. The Balaban J connectivity index is 1.96. The van der Waals surface area contributed by atoms with Crippen molar-refractivity contribution in [2.75, 3.05) is 0 Å². The lowest BCUT2D eigenvalue weighted by Crippen LogP contribution is -2.22. The average Bonchev–Trinajstić information content (AvgIpc) is 2.84. The first-order valence-electron chi connectivity index (χ1n) is 4.27. The summed E-state index contributed by atoms with van der Waals surface area (Å²) in [6, 6.07) is 3.68. The van der Waals surface area contributed by atoms with Crippen LogP contribution < -0.4 is 5.32 Å². The molecule has 78 valence electrons. The Labute approximate surface area is 98.8 Å². The number of H-pyrrole nitrogens is 1. The van der Waals surface area contributed by atoms with Crippen LogP contribution in [0.15, 0.2) is 28.2 Å². The van der Waals surface area contributed by atoms with Gasteiger partial charge in [-0.25, -0.2) is 0 Å². The summed E-state index contributed by atoms with van der Waals surface area (Å²) in [5.41, 5.74) is 0.885. The van der Waals surface area contributed by atoms with E-state index in [4.69, 9.17) is 0 Å². The van der Waals surface area contributed by atoms with E-state index in [1.807, 2.05) is 17.5 Å². The molecule has 2 rings (SSSR count). The second-order valence-corrected chi connectivity index (χ2v) is 4.63. The highest BCUT2D eigenvalue weighted by Crippen LogP contribution is 2.22. The predicted molar refractivity (Wildman–Crippen MR) is 61.8 cm³/mol. The van der Waals surface area contributed by atoms with Gasteiger partial charge in [-0.2, -0.15) is 5.10 Å². The first-order chi connectivity index (χ1) is 7.27. The van der Waals surface area contributed by atoms with E-state index < -0.39 is 0 Å². The zero-order valence-electron chi connectivity index (χ0n) is 7.66. The summed E-state index contributed by atoms with van der Waals surface area (Å²) in [5.74, 6) is -0.0773. The Kier molecular flexibility index (Phi) is 3.17. The van der Waals surface area contributed by atoms with Crippen molar-refractivity contribution in [2.24, 2.45) is 0 Å². The minimum Gasteiger partial charge on any atom is -0.346 e. The minimum absolute atomic E-state index is 0.0773. The third-order valence-electron chi connectivity index (χ3n) is 1.82. The van der Waals surface area contributed by atoms with Crippen molar-refractivity contribution >= 4 is 33.2 Å². The number of thiophene rings is 1. The van der Waals surface area contributed by atoms with Crippen LogP contribution in [0.4, 0.5) is 0 Å². The minimum atomic E-state index is -0.0773. The summed E-state index contributed by atoms with van der Waals surface area (Å²) in [6.07, 6.45) is 1.66. The summed E-state index contributed by atoms with van der Waals surface area (Å²) in [4.78, 5) is 12.3. The lowest BCUT2D eigenvalue weighted by molar-refractivity contribution is 0.0954. The molecule has 0 aromatic carbocycles. The third kappa shape index (κ3) is 2.45. The molecule has 6 heteroatoms. The van der Waals surface area contributed by atoms with Crippen molar-refractivity contribution < 1.29 is 4.79 Å². The highest BCUT2D eigenvalue weighted by Gasteiger charge is 2.10. The number of hydrogen-bond acceptors (Lipinski definition) is 3. The van der Waals surface area contributed by atoms with Crippen molar-refractivity contribution in [3.05, 3.63) is 38.8 Å². The van der Waals surface area contributed by atoms with Crippen LogP contribution in [0, 0.1) is 0 Å². The zero-order chi connectivity index (χ0) is 10.7. The fourth-order valence-corrected chi connectivity index (χ4v) is 2.56. The van der Waals surface area contributed by atoms with Crippen molar-refractivity contribution in [3.8, 4) is 0 Å². The average molecular weight is 286 g/mol. The van der Waals surface area contributed by atoms with Gasteiger partial charge >= 0.3 is 0 Å². The number of aromatic amines is 1. The Morgan fingerprint density at radius 3 is 3.07 bits per heavy atom. The van der Waals surface area contributed by atoms with E-state index in [1.54, 1.807) is 6.20 Å². The van der Waals surface area contributed by atoms with E-state index in [2.05, 4.69) is 31.4 Å². The van der Waals surface area contributed by atoms with E-state index in [0.717, 1.165) is 10.2 Å². The summed E-state index contributed by atoms with van der Waals surface area (Å²) in [5, 5.41) is 11.2. The van der Waals surface area contributed by atoms with Crippen LogP contribution in [0.3, 0.4) is 0 Å². The van der Waals surface area contributed by atoms with Gasteiger partial charge in [-0.3, -0.25) is 9.89 Å². The number of aromatic nitrogens is 2. The molecule has 0 aliphatic carbocycles. The summed E-state index contributed by atoms with van der Waals surface area (Å²) >= 11 is 4.73. The first-order valence-corrected chi connectivity index (χ1v) is 5.94. The Bertz CT molecular complexity index is 452. The number of carbonyl (C=O) groups is 1. The van der Waals surface area contributed by atoms with E-state index in [1.165, 1.54) is 11.3 Å². The second kappa shape index (κ2) is 4.59. The molecule has 0 bridgehead atoms. The fraction of sp³-hybridized carbons (Fsp3) is 0.111. The maximum Gasteiger partial charge on any atom is 0.262 e. The van der Waals surface area contributed by atoms with Crippen molar-refractivity contribution in [1.82, 2.24) is 15.5 Å². The molecule has 0 saturated carbocycles. The smallest absolute Gasteiger partial charge is 0.262 e. The van der Waals surface area contributed by atoms with Gasteiger partial charge in [0, 0.05) is 10.7 Å². The van der Waals surface area contributed by atoms with E-state index in [9.17, 15) is 4.79 Å². The number of hydrogen-bond donors (Lipinski definition) is 2. The van der Waals surface area contributed by atoms with Crippen molar-refractivity contribution in [3.63, 3.8) is 0 Å². The molecule has 0 aliphatic heterocycles. The highest BCUT2D eigenvalue weighted by atomic mass is 79.9. The van der Waals surface area contributed by atoms with Gasteiger partial charge in [0.1, 0.15) is 4.88 Å². The number of nitrogens with zero attached hydrogens (tertiary/aromatic N) is 1. The number of carbonyl (C=O) groups excluding carboxylic acids is 1. The molecule has 0 aliphatic rings. The second-order valence-electron chi connectivity index (χ2n) is 2.86. The molecular weight excluding hydrogens is 278 g/mol. The molecule has 4 nitrogen and oxygen atoms in total. The summed E-state index contributed by atoms with van der Waals surface area (Å²) < 4.78 is 0.828. The van der Waals surface area contributed by atoms with E-state index in [0.29, 0.717) is 11.4 Å². The van der Waals surface area contributed by atoms with E-state index >= 15 is 0 Å². The molecule has 0 fully saturated rings. The van der Waals surface area contributed by atoms with Gasteiger partial charge in [0.2, 0.25) is 0 Å². The maximum absolute atomic E-state index is 11.7. The Morgan fingerprint density at radius 1 is 1.60 bits per heavy atom. The largest absolute Gasteiger partial charge is 0.346 e. The monoisotopic (exact) mass is 285 g/mol. The maximum atomic E-state index is 11.7. The van der Waals surface area contributed by atoms with Crippen LogP contribution in [0.2, 0.25) is 0 Å². The van der Waals surface area contributed by atoms with Crippen LogP contribution in [0.25, 0.3) is 0 Å². The van der Waals surface area contributed by atoms with Gasteiger partial charge in [0.05, 0.1) is 12.2 Å². The molecule has 0 atom stereocenters. The zero-order valence-corrected chi connectivity index (χ0v) is 10.1. The molecule has 0 radical (unpaired) electrons. The molecular formula is C9H8BrN3OS. The summed E-state index contributed by atoms with van der Waals surface area (Å²) in [7, 11) is 0. The van der Waals surface area contributed by atoms with Crippen LogP contribution >= 0.6 is 27.3 Å². The SMILES string of the molecule is O=C(NCc1ccn[nH]1)c1sccc1Br. The molecule has 1 amide bonds. The van der Waals surface area contributed by atoms with Crippen LogP contribution in [0.1, 0.15) is 15.4 Å². The molecule has 2 N–H and O–H groups in total. The van der Waals surface area contributed by atoms with Crippen LogP contribution in [0.5, 0.6) is 0 Å². The van der Waals surface area contributed by atoms with Gasteiger partial charge in [0.25, 0.3) is 5.91 Å².